The van der Waals surface area contributed by atoms with Crippen molar-refractivity contribution in [3.8, 4) is 11.6 Å². The number of amides is 4. The van der Waals surface area contributed by atoms with Crippen molar-refractivity contribution in [1.29, 1.82) is 0 Å². The van der Waals surface area contributed by atoms with Crippen LogP contribution in [0.3, 0.4) is 0 Å². The summed E-state index contributed by atoms with van der Waals surface area (Å²) in [6, 6.07) is 12.0. The monoisotopic (exact) mass is 801 g/mol. The number of fused-ring (bicyclic) bond motifs is 3. The number of methoxy groups -OCH3 is 1. The summed E-state index contributed by atoms with van der Waals surface area (Å²) >= 11 is 0. The summed E-state index contributed by atoms with van der Waals surface area (Å²) in [7, 11) is -2.99. The minimum Gasteiger partial charge on any atom is -0.497 e. The van der Waals surface area contributed by atoms with Gasteiger partial charge in [0.05, 0.1) is 19.2 Å². The molecule has 1 aromatic heterocycles. The molecule has 0 spiro atoms. The third kappa shape index (κ3) is 8.79. The Morgan fingerprint density at radius 1 is 1.09 bits per heavy atom. The summed E-state index contributed by atoms with van der Waals surface area (Å²) in [6.45, 7) is 4.30. The van der Waals surface area contributed by atoms with E-state index in [9.17, 15) is 36.4 Å². The lowest BCUT2D eigenvalue weighted by Gasteiger charge is -2.27. The zero-order chi connectivity index (χ0) is 40.4. The summed E-state index contributed by atoms with van der Waals surface area (Å²) in [5.74, 6) is -2.08. The average Bonchev–Trinajstić information content (AvgIpc) is 4.03. The zero-order valence-corrected chi connectivity index (χ0v) is 32.3. The van der Waals surface area contributed by atoms with Crippen molar-refractivity contribution < 1.29 is 50.1 Å². The van der Waals surface area contributed by atoms with Gasteiger partial charge in [0.15, 0.2) is 0 Å². The number of hydrogen-bond acceptors (Lipinski definition) is 9. The van der Waals surface area contributed by atoms with Gasteiger partial charge in [0.25, 0.3) is 21.8 Å². The van der Waals surface area contributed by atoms with E-state index in [1.54, 1.807) is 25.4 Å². The van der Waals surface area contributed by atoms with Gasteiger partial charge in [-0.15, -0.1) is 0 Å². The molecule has 2 saturated carbocycles. The number of carbonyl (C=O) groups is 4. The van der Waals surface area contributed by atoms with E-state index in [0.29, 0.717) is 17.5 Å². The highest BCUT2D eigenvalue weighted by molar-refractivity contribution is 7.91. The van der Waals surface area contributed by atoms with Gasteiger partial charge in [0, 0.05) is 47.5 Å². The van der Waals surface area contributed by atoms with Gasteiger partial charge in [-0.05, 0) is 79.3 Å². The summed E-state index contributed by atoms with van der Waals surface area (Å²) in [5, 5.41) is 1.93. The van der Waals surface area contributed by atoms with E-state index in [4.69, 9.17) is 15.2 Å². The number of nitrogens with two attached hydrogens (primary N) is 1. The lowest BCUT2D eigenvalue weighted by molar-refractivity contribution is -0.140. The fourth-order valence-corrected chi connectivity index (χ4v) is 8.72. The molecule has 4 N–H and O–H groups in total. The van der Waals surface area contributed by atoms with Gasteiger partial charge in [-0.3, -0.25) is 19.2 Å². The number of primary amides is 1. The van der Waals surface area contributed by atoms with Crippen LogP contribution < -0.4 is 25.2 Å². The van der Waals surface area contributed by atoms with Crippen LogP contribution in [0.25, 0.3) is 10.8 Å². The first-order chi connectivity index (χ1) is 26.6. The Kier molecular flexibility index (Phi) is 11.7. The standard InChI is InChI=1S/C33H41FN4O7S.C7H6FNO.3H2/c1-20-6-4-5-7-23-18-33(23,31(41)37-46(42,43)32(34)11-12-32)36-29(40)27-17-25(19-38(27)28(39)15-21(2)14-20)45-30-26-9-8-24(44-3)16-22(26)10-13-35-30;8-6-4-2-1-3-5(6)7(9)10;;;/h5,7-10,13,16,20-21,23,25,27H,4,6,11-12,14-15,17-19H2,1-3H3,(H,36,40)(H,37,41);1-4H,(H2,9,10);3*1H/b7-5-;;;;/t20-,21-,23-,25-,27+,33-;;;;/m1..../s1. The predicted octanol–water partition coefficient (Wildman–Crippen LogP) is 5.44. The van der Waals surface area contributed by atoms with Crippen molar-refractivity contribution in [3.05, 3.63) is 78.3 Å². The van der Waals surface area contributed by atoms with Crippen LogP contribution in [-0.2, 0) is 24.4 Å². The molecule has 2 aliphatic heterocycles. The molecule has 2 aliphatic carbocycles. The van der Waals surface area contributed by atoms with Crippen molar-refractivity contribution >= 4 is 44.4 Å². The number of rotatable bonds is 7. The number of ether oxygens (including phenoxy) is 2. The molecule has 13 nitrogen and oxygen atoms in total. The number of sulfonamides is 1. The van der Waals surface area contributed by atoms with Gasteiger partial charge in [-0.1, -0.05) is 38.1 Å². The van der Waals surface area contributed by atoms with Crippen LogP contribution in [0.5, 0.6) is 11.6 Å². The van der Waals surface area contributed by atoms with Gasteiger partial charge in [0.2, 0.25) is 22.7 Å². The summed E-state index contributed by atoms with van der Waals surface area (Å²) in [4.78, 5) is 57.6. The number of nitrogens with zero attached hydrogens (tertiary/aromatic N) is 2. The fourth-order valence-electron chi connectivity index (χ4n) is 7.48. The van der Waals surface area contributed by atoms with Gasteiger partial charge in [0.1, 0.15) is 29.3 Å². The number of halogens is 2. The van der Waals surface area contributed by atoms with Crippen LogP contribution in [0.1, 0.15) is 79.9 Å². The van der Waals surface area contributed by atoms with Gasteiger partial charge in [-0.25, -0.2) is 26.9 Å². The molecule has 7 rings (SSSR count). The third-order valence-electron chi connectivity index (χ3n) is 10.9. The molecule has 16 heteroatoms. The number of alkyl halides is 1. The lowest BCUT2D eigenvalue weighted by atomic mass is 9.91. The molecule has 0 unspecified atom stereocenters. The average molecular weight is 802 g/mol. The van der Waals surface area contributed by atoms with E-state index in [-0.39, 0.29) is 60.3 Å². The maximum Gasteiger partial charge on any atom is 0.270 e. The molecule has 0 radical (unpaired) electrons. The normalized spacial score (nSPS) is 27.8. The van der Waals surface area contributed by atoms with E-state index in [1.807, 2.05) is 42.0 Å². The van der Waals surface area contributed by atoms with Gasteiger partial charge >= 0.3 is 0 Å². The van der Waals surface area contributed by atoms with Crippen LogP contribution in [0, 0.1) is 23.6 Å². The van der Waals surface area contributed by atoms with E-state index in [1.165, 1.54) is 23.1 Å². The van der Waals surface area contributed by atoms with Crippen LogP contribution in [0.4, 0.5) is 8.78 Å². The van der Waals surface area contributed by atoms with Gasteiger partial charge in [-0.2, -0.15) is 0 Å². The number of allylic oxidation sites excluding steroid dienone is 1. The topological polar surface area (TPSA) is 187 Å². The molecule has 3 fully saturated rings. The molecular formula is C40H53F2N5O8S. The van der Waals surface area contributed by atoms with Crippen molar-refractivity contribution in [1.82, 2.24) is 19.9 Å². The Morgan fingerprint density at radius 2 is 1.84 bits per heavy atom. The molecule has 1 saturated heterocycles. The molecular weight excluding hydrogens is 749 g/mol. The Hall–Kier alpha value is -5.12. The first-order valence-electron chi connectivity index (χ1n) is 18.7. The van der Waals surface area contributed by atoms with Crippen molar-refractivity contribution in [3.63, 3.8) is 0 Å². The van der Waals surface area contributed by atoms with Crippen molar-refractivity contribution in [2.75, 3.05) is 13.7 Å². The van der Waals surface area contributed by atoms with Crippen molar-refractivity contribution in [2.45, 2.75) is 87.9 Å². The Labute approximate surface area is 328 Å². The zero-order valence-electron chi connectivity index (χ0n) is 31.5. The van der Waals surface area contributed by atoms with Crippen LogP contribution in [0.15, 0.2) is 66.9 Å². The second-order valence-electron chi connectivity index (χ2n) is 15.3. The molecule has 0 bridgehead atoms. The summed E-state index contributed by atoms with van der Waals surface area (Å²) < 4.78 is 65.9. The third-order valence-corrected chi connectivity index (χ3v) is 12.7. The second kappa shape index (κ2) is 16.2. The summed E-state index contributed by atoms with van der Waals surface area (Å²) in [5.41, 5.74) is 3.19. The van der Waals surface area contributed by atoms with Crippen molar-refractivity contribution in [2.24, 2.45) is 23.5 Å². The Morgan fingerprint density at radius 3 is 2.52 bits per heavy atom. The maximum absolute atomic E-state index is 14.6. The first-order valence-corrected chi connectivity index (χ1v) is 20.2. The second-order valence-corrected chi connectivity index (χ2v) is 17.3. The summed E-state index contributed by atoms with van der Waals surface area (Å²) in [6.07, 6.45) is 7.44. The molecule has 3 aromatic rings. The molecule has 56 heavy (non-hydrogen) atoms. The number of carbonyl (C=O) groups excluding carboxylic acids is 4. The number of hydrogen-bond donors (Lipinski definition) is 3. The molecule has 2 aromatic carbocycles. The number of benzene rings is 2. The highest BCUT2D eigenvalue weighted by atomic mass is 32.2. The number of aromatic nitrogens is 1. The van der Waals surface area contributed by atoms with Crippen LogP contribution >= 0.6 is 0 Å². The quantitative estimate of drug-likeness (QED) is 0.262. The molecule has 306 valence electrons. The van der Waals surface area contributed by atoms with Crippen LogP contribution in [0.2, 0.25) is 0 Å². The van der Waals surface area contributed by atoms with Gasteiger partial charge < -0.3 is 25.4 Å². The molecule has 3 heterocycles. The highest BCUT2D eigenvalue weighted by Crippen LogP contribution is 2.48. The van der Waals surface area contributed by atoms with Crippen LogP contribution in [-0.4, -0.2) is 78.3 Å². The Balaban J connectivity index is 0.000000629. The largest absolute Gasteiger partial charge is 0.497 e. The van der Waals surface area contributed by atoms with E-state index in [0.717, 1.165) is 30.0 Å². The molecule has 4 aliphatic rings. The molecule has 4 amide bonds. The first kappa shape index (κ1) is 40.5. The SMILES string of the molecule is COc1ccc2c(O[C@@H]3C[C@H]4C(=O)N[C@]5(C(=O)NS(=O)(=O)C6(F)CC6)C[C@H]5/C=C\CC[C@@H](C)C[C@@H](C)CC(=O)N4C3)nccc2c1.NC(=O)c1ccccc1F.[HH].[HH].[HH]. The number of nitrogens with one attached hydrogen (secondary N) is 2. The minimum atomic E-state index is -4.58. The highest BCUT2D eigenvalue weighted by Gasteiger charge is 2.64. The fraction of sp³-hybridized carbons (Fsp3) is 0.475. The smallest absolute Gasteiger partial charge is 0.270 e. The maximum atomic E-state index is 14.6. The predicted molar refractivity (Wildman–Crippen MR) is 209 cm³/mol. The van der Waals surface area contributed by atoms with E-state index < -0.39 is 62.2 Å². The lowest BCUT2D eigenvalue weighted by Crippen LogP contribution is -2.57. The minimum absolute atomic E-state index is 0. The molecule has 6 atom stereocenters. The Bertz CT molecular complexity index is 2160. The van der Waals surface area contributed by atoms with E-state index >= 15 is 0 Å². The number of pyridine rings is 1. The van der Waals surface area contributed by atoms with E-state index in [2.05, 4.69) is 17.2 Å².